The summed E-state index contributed by atoms with van der Waals surface area (Å²) in [5, 5.41) is 9.94. The zero-order chi connectivity index (χ0) is 27.2. The number of nitrogens with zero attached hydrogens (tertiary/aromatic N) is 1. The maximum Gasteiger partial charge on any atom is 0.508 e. The third kappa shape index (κ3) is 28.0. The summed E-state index contributed by atoms with van der Waals surface area (Å²) in [5.74, 6) is 0. The summed E-state index contributed by atoms with van der Waals surface area (Å²) < 4.78 is 15.8. The van der Waals surface area contributed by atoms with Gasteiger partial charge in [-0.05, 0) is 71.0 Å². The molecule has 0 spiro atoms. The summed E-state index contributed by atoms with van der Waals surface area (Å²) in [6.07, 6.45) is 21.7. The van der Waals surface area contributed by atoms with Gasteiger partial charge in [0.2, 0.25) is 0 Å². The first-order valence-corrected chi connectivity index (χ1v) is 16.0. The molecule has 0 aliphatic rings. The Bertz CT molecular complexity index is 463. The van der Waals surface area contributed by atoms with Gasteiger partial charge in [0.05, 0.1) is 13.2 Å². The second kappa shape index (κ2) is 29.7. The normalized spacial score (nSPS) is 12.2. The monoisotopic (exact) mass is 529 g/mol. The number of hydrogen-bond donors (Lipinski definition) is 1. The Labute approximate surface area is 230 Å². The predicted molar refractivity (Wildman–Crippen MR) is 155 cm³/mol. The highest BCUT2D eigenvalue weighted by Gasteiger charge is 2.07. The minimum atomic E-state index is -0.577. The quantitative estimate of drug-likeness (QED) is 0.0594. The molecule has 0 amide bonds. The third-order valence-corrected chi connectivity index (χ3v) is 6.87. The van der Waals surface area contributed by atoms with Crippen LogP contribution >= 0.6 is 0 Å². The van der Waals surface area contributed by atoms with Crippen molar-refractivity contribution < 1.29 is 24.1 Å². The molecule has 0 fully saturated rings. The van der Waals surface area contributed by atoms with Gasteiger partial charge in [-0.1, -0.05) is 97.8 Å². The molecule has 1 atom stereocenters. The standard InChI is InChI=1S/C31H63NO5/c1-4-7-10-20-27-35-30(33)23-17-13-12-14-18-25-32(24-9-6-3)26-19-15-16-22-29-37-31(34)36-28-21-11-8-5-2/h30,33H,4-29H2,1-3H3. The molecule has 0 aromatic carbocycles. The summed E-state index contributed by atoms with van der Waals surface area (Å²) in [6.45, 7) is 11.8. The van der Waals surface area contributed by atoms with Gasteiger partial charge in [0.25, 0.3) is 0 Å². The van der Waals surface area contributed by atoms with E-state index in [1.54, 1.807) is 0 Å². The van der Waals surface area contributed by atoms with Crippen molar-refractivity contribution in [2.24, 2.45) is 0 Å². The Hall–Kier alpha value is -0.850. The zero-order valence-corrected chi connectivity index (χ0v) is 25.0. The number of rotatable bonds is 29. The second-order valence-electron chi connectivity index (χ2n) is 10.6. The Balaban J connectivity index is 3.66. The van der Waals surface area contributed by atoms with Crippen LogP contribution in [-0.2, 0) is 14.2 Å². The Morgan fingerprint density at radius 1 is 0.568 bits per heavy atom. The number of hydrogen-bond acceptors (Lipinski definition) is 6. The Morgan fingerprint density at radius 2 is 1.00 bits per heavy atom. The van der Waals surface area contributed by atoms with E-state index in [1.807, 2.05) is 0 Å². The summed E-state index contributed by atoms with van der Waals surface area (Å²) in [4.78, 5) is 14.2. The topological polar surface area (TPSA) is 68.2 Å². The highest BCUT2D eigenvalue weighted by Crippen LogP contribution is 2.11. The van der Waals surface area contributed by atoms with Crippen LogP contribution in [0.15, 0.2) is 0 Å². The molecule has 0 aromatic rings. The van der Waals surface area contributed by atoms with E-state index >= 15 is 0 Å². The Morgan fingerprint density at radius 3 is 1.57 bits per heavy atom. The van der Waals surface area contributed by atoms with E-state index in [1.165, 1.54) is 103 Å². The SMILES string of the molecule is CCCCCCOC(=O)OCCCCCCN(CCCC)CCCCCCCC(O)OCCCCCC. The lowest BCUT2D eigenvalue weighted by Gasteiger charge is -2.22. The fourth-order valence-electron chi connectivity index (χ4n) is 4.41. The lowest BCUT2D eigenvalue weighted by Crippen LogP contribution is -2.27. The van der Waals surface area contributed by atoms with Crippen LogP contribution in [-0.4, -0.2) is 61.9 Å². The van der Waals surface area contributed by atoms with E-state index in [0.717, 1.165) is 44.9 Å². The number of carbonyl (C=O) groups excluding carboxylic acids is 1. The van der Waals surface area contributed by atoms with Gasteiger partial charge in [-0.25, -0.2) is 4.79 Å². The minimum absolute atomic E-state index is 0.468. The van der Waals surface area contributed by atoms with Gasteiger partial charge in [-0.3, -0.25) is 0 Å². The minimum Gasteiger partial charge on any atom is -0.434 e. The van der Waals surface area contributed by atoms with Crippen molar-refractivity contribution in [3.05, 3.63) is 0 Å². The van der Waals surface area contributed by atoms with Gasteiger partial charge in [0, 0.05) is 6.61 Å². The van der Waals surface area contributed by atoms with E-state index in [9.17, 15) is 9.90 Å². The van der Waals surface area contributed by atoms with Gasteiger partial charge in [-0.15, -0.1) is 0 Å². The number of ether oxygens (including phenoxy) is 3. The molecule has 0 aliphatic heterocycles. The van der Waals surface area contributed by atoms with E-state index in [0.29, 0.717) is 19.8 Å². The van der Waals surface area contributed by atoms with E-state index in [4.69, 9.17) is 14.2 Å². The summed E-state index contributed by atoms with van der Waals surface area (Å²) in [6, 6.07) is 0. The number of aliphatic hydroxyl groups excluding tert-OH is 1. The highest BCUT2D eigenvalue weighted by molar-refractivity contribution is 5.59. The third-order valence-electron chi connectivity index (χ3n) is 6.87. The van der Waals surface area contributed by atoms with Crippen LogP contribution in [0.2, 0.25) is 0 Å². The van der Waals surface area contributed by atoms with Crippen LogP contribution < -0.4 is 0 Å². The first-order valence-electron chi connectivity index (χ1n) is 16.0. The fourth-order valence-corrected chi connectivity index (χ4v) is 4.41. The molecule has 0 aromatic heterocycles. The molecule has 0 bridgehead atoms. The van der Waals surface area contributed by atoms with Crippen LogP contribution in [0.5, 0.6) is 0 Å². The van der Waals surface area contributed by atoms with Crippen LogP contribution in [0.25, 0.3) is 0 Å². The van der Waals surface area contributed by atoms with E-state index < -0.39 is 12.4 Å². The molecule has 0 aliphatic carbocycles. The van der Waals surface area contributed by atoms with Crippen molar-refractivity contribution in [3.8, 4) is 0 Å². The number of aliphatic hydroxyl groups is 1. The van der Waals surface area contributed by atoms with Crippen LogP contribution in [0, 0.1) is 0 Å². The molecule has 0 saturated heterocycles. The zero-order valence-electron chi connectivity index (χ0n) is 25.0. The van der Waals surface area contributed by atoms with Crippen molar-refractivity contribution in [1.29, 1.82) is 0 Å². The first-order chi connectivity index (χ1) is 18.1. The largest absolute Gasteiger partial charge is 0.508 e. The summed E-state index contributed by atoms with van der Waals surface area (Å²) >= 11 is 0. The van der Waals surface area contributed by atoms with Gasteiger partial charge in [0.15, 0.2) is 6.29 Å². The molecular formula is C31H63NO5. The van der Waals surface area contributed by atoms with Crippen molar-refractivity contribution in [2.75, 3.05) is 39.5 Å². The molecular weight excluding hydrogens is 466 g/mol. The first kappa shape index (κ1) is 36.1. The lowest BCUT2D eigenvalue weighted by atomic mass is 10.1. The molecule has 1 N–H and O–H groups in total. The van der Waals surface area contributed by atoms with Crippen LogP contribution in [0.3, 0.4) is 0 Å². The van der Waals surface area contributed by atoms with Crippen molar-refractivity contribution in [1.82, 2.24) is 4.90 Å². The number of carbonyl (C=O) groups is 1. The van der Waals surface area contributed by atoms with Gasteiger partial charge < -0.3 is 24.2 Å². The van der Waals surface area contributed by atoms with Crippen molar-refractivity contribution >= 4 is 6.16 Å². The molecule has 222 valence electrons. The van der Waals surface area contributed by atoms with E-state index in [2.05, 4.69) is 25.7 Å². The Kier molecular flexibility index (Phi) is 29.0. The average molecular weight is 530 g/mol. The van der Waals surface area contributed by atoms with Gasteiger partial charge in [-0.2, -0.15) is 0 Å². The summed E-state index contributed by atoms with van der Waals surface area (Å²) in [7, 11) is 0. The lowest BCUT2D eigenvalue weighted by molar-refractivity contribution is -0.105. The maximum atomic E-state index is 11.6. The predicted octanol–water partition coefficient (Wildman–Crippen LogP) is 8.64. The van der Waals surface area contributed by atoms with Gasteiger partial charge in [0.1, 0.15) is 0 Å². The van der Waals surface area contributed by atoms with Crippen LogP contribution in [0.1, 0.15) is 149 Å². The fraction of sp³-hybridized carbons (Fsp3) is 0.968. The molecule has 0 radical (unpaired) electrons. The highest BCUT2D eigenvalue weighted by atomic mass is 16.7. The summed E-state index contributed by atoms with van der Waals surface area (Å²) in [5.41, 5.74) is 0. The van der Waals surface area contributed by atoms with Crippen molar-refractivity contribution in [3.63, 3.8) is 0 Å². The number of unbranched alkanes of at least 4 members (excludes halogenated alkanes) is 14. The molecule has 0 saturated carbocycles. The van der Waals surface area contributed by atoms with Crippen molar-refractivity contribution in [2.45, 2.75) is 155 Å². The van der Waals surface area contributed by atoms with E-state index in [-0.39, 0.29) is 0 Å². The molecule has 1 unspecified atom stereocenters. The molecule has 37 heavy (non-hydrogen) atoms. The maximum absolute atomic E-state index is 11.6. The molecule has 6 nitrogen and oxygen atoms in total. The molecule has 6 heteroatoms. The molecule has 0 heterocycles. The second-order valence-corrected chi connectivity index (χ2v) is 10.6. The molecule has 0 rings (SSSR count). The van der Waals surface area contributed by atoms with Crippen LogP contribution in [0.4, 0.5) is 4.79 Å². The van der Waals surface area contributed by atoms with Gasteiger partial charge >= 0.3 is 6.16 Å². The average Bonchev–Trinajstić information content (AvgIpc) is 2.89. The smallest absolute Gasteiger partial charge is 0.434 e.